The summed E-state index contributed by atoms with van der Waals surface area (Å²) < 4.78 is 5.25. The Morgan fingerprint density at radius 2 is 1.97 bits per heavy atom. The zero-order valence-electron chi connectivity index (χ0n) is 19.8. The lowest BCUT2D eigenvalue weighted by atomic mass is 10.1. The number of morpholine rings is 1. The number of benzene rings is 1. The van der Waals surface area contributed by atoms with E-state index in [1.54, 1.807) is 54.7 Å². The molecule has 0 radical (unpaired) electrons. The van der Waals surface area contributed by atoms with E-state index in [4.69, 9.17) is 32.8 Å². The fourth-order valence-electron chi connectivity index (χ4n) is 4.06. The van der Waals surface area contributed by atoms with Gasteiger partial charge in [-0.1, -0.05) is 28.4 Å². The topological polar surface area (TPSA) is 122 Å². The molecule has 0 spiro atoms. The molecule has 190 valence electrons. The molecule has 12 heteroatoms. The molecular weight excluding hydrogens is 519 g/mol. The van der Waals surface area contributed by atoms with Crippen LogP contribution in [0.2, 0.25) is 10.0 Å². The molecule has 10 nitrogen and oxygen atoms in total. The minimum atomic E-state index is -0.257. The molecule has 1 aromatic carbocycles. The van der Waals surface area contributed by atoms with Crippen molar-refractivity contribution in [2.75, 3.05) is 38.2 Å². The van der Waals surface area contributed by atoms with Crippen LogP contribution in [0.3, 0.4) is 0 Å². The van der Waals surface area contributed by atoms with Gasteiger partial charge in [0.05, 0.1) is 45.6 Å². The Morgan fingerprint density at radius 1 is 1.22 bits per heavy atom. The molecule has 1 fully saturated rings. The highest BCUT2D eigenvalue weighted by atomic mass is 35.5. The first-order chi connectivity index (χ1) is 17.9. The van der Waals surface area contributed by atoms with Gasteiger partial charge in [0.15, 0.2) is 6.61 Å². The number of oxime groups is 1. The number of carbonyl (C=O) groups is 1. The van der Waals surface area contributed by atoms with Gasteiger partial charge in [0.25, 0.3) is 11.5 Å². The third-order valence-electron chi connectivity index (χ3n) is 5.97. The van der Waals surface area contributed by atoms with Crippen LogP contribution in [0, 0.1) is 0 Å². The molecule has 0 aliphatic carbocycles. The van der Waals surface area contributed by atoms with Crippen LogP contribution in [0.15, 0.2) is 52.8 Å². The van der Waals surface area contributed by atoms with Gasteiger partial charge in [0, 0.05) is 48.0 Å². The summed E-state index contributed by atoms with van der Waals surface area (Å²) in [6.45, 7) is 3.67. The molecule has 4 heterocycles. The van der Waals surface area contributed by atoms with Crippen molar-refractivity contribution in [2.24, 2.45) is 5.16 Å². The Morgan fingerprint density at radius 3 is 2.73 bits per heavy atom. The molecule has 3 aromatic heterocycles. The van der Waals surface area contributed by atoms with E-state index in [1.165, 1.54) is 0 Å². The Labute approximate surface area is 221 Å². The number of halogens is 2. The second-order valence-electron chi connectivity index (χ2n) is 8.33. The quantitative estimate of drug-likeness (QED) is 0.214. The molecule has 0 saturated carbocycles. The number of hydrogen-bond acceptors (Lipinski definition) is 8. The van der Waals surface area contributed by atoms with Gasteiger partial charge >= 0.3 is 0 Å². The summed E-state index contributed by atoms with van der Waals surface area (Å²) in [5.41, 5.74) is 1.88. The first kappa shape index (κ1) is 24.9. The van der Waals surface area contributed by atoms with Crippen molar-refractivity contribution >= 4 is 68.0 Å². The first-order valence-corrected chi connectivity index (χ1v) is 12.2. The maximum absolute atomic E-state index is 12.6. The highest BCUT2D eigenvalue weighted by Crippen LogP contribution is 2.36. The monoisotopic (exact) mass is 540 g/mol. The van der Waals surface area contributed by atoms with Crippen molar-refractivity contribution in [1.29, 1.82) is 0 Å². The van der Waals surface area contributed by atoms with Crippen molar-refractivity contribution in [3.05, 3.63) is 68.8 Å². The van der Waals surface area contributed by atoms with Crippen LogP contribution in [0.5, 0.6) is 0 Å². The Hall–Kier alpha value is -3.73. The number of anilines is 2. The number of aromatic amines is 1. The maximum Gasteiger partial charge on any atom is 0.263 e. The zero-order valence-corrected chi connectivity index (χ0v) is 21.3. The van der Waals surface area contributed by atoms with Crippen molar-refractivity contribution in [2.45, 2.75) is 6.92 Å². The van der Waals surface area contributed by atoms with Gasteiger partial charge in [-0.15, -0.1) is 0 Å². The van der Waals surface area contributed by atoms with Gasteiger partial charge in [-0.05, 0) is 31.2 Å². The number of ether oxygens (including phenoxy) is 1. The average molecular weight is 541 g/mol. The molecule has 0 unspecified atom stereocenters. The van der Waals surface area contributed by atoms with Crippen LogP contribution in [0.1, 0.15) is 12.5 Å². The van der Waals surface area contributed by atoms with Crippen molar-refractivity contribution in [3.8, 4) is 0 Å². The number of pyridine rings is 3. The van der Waals surface area contributed by atoms with E-state index in [9.17, 15) is 9.59 Å². The third kappa shape index (κ3) is 5.22. The fourth-order valence-corrected chi connectivity index (χ4v) is 4.64. The first-order valence-electron chi connectivity index (χ1n) is 11.5. The molecule has 2 N–H and O–H groups in total. The minimum Gasteiger partial charge on any atom is -0.385 e. The van der Waals surface area contributed by atoms with Crippen LogP contribution in [0.25, 0.3) is 21.7 Å². The lowest BCUT2D eigenvalue weighted by Crippen LogP contribution is -2.42. The van der Waals surface area contributed by atoms with E-state index in [1.807, 2.05) is 0 Å². The summed E-state index contributed by atoms with van der Waals surface area (Å²) in [6.07, 6.45) is 4.77. The van der Waals surface area contributed by atoms with Crippen LogP contribution in [0.4, 0.5) is 11.5 Å². The van der Waals surface area contributed by atoms with Crippen LogP contribution >= 0.6 is 23.2 Å². The molecule has 1 aliphatic rings. The van der Waals surface area contributed by atoms with Gasteiger partial charge < -0.3 is 24.8 Å². The highest BCUT2D eigenvalue weighted by molar-refractivity contribution is 6.40. The molecule has 1 amide bonds. The van der Waals surface area contributed by atoms with E-state index in [2.05, 4.69) is 25.4 Å². The number of hydrogen-bond donors (Lipinski definition) is 2. The van der Waals surface area contributed by atoms with Crippen molar-refractivity contribution in [1.82, 2.24) is 19.9 Å². The standard InChI is InChI=1S/C25H22Cl2N6O4/c1-14(32-37-13-21(34)33-6-8-36-9-7-33)15-10-18(26)23(19(27)11-15)31-24-16-2-5-29-25(35)22(16)17-12-28-4-3-20(17)30-24/h2-5,10-12H,6-9,13H2,1H3,(H,29,35)(H,30,31). The smallest absolute Gasteiger partial charge is 0.263 e. The van der Waals surface area contributed by atoms with E-state index in [-0.39, 0.29) is 18.1 Å². The molecule has 1 saturated heterocycles. The lowest BCUT2D eigenvalue weighted by Gasteiger charge is -2.26. The SMILES string of the molecule is CC(=NOCC(=O)N1CCOCC1)c1cc(Cl)c(Nc2nc3ccncc3c3c(=O)[nH]ccc23)c(Cl)c1. The summed E-state index contributed by atoms with van der Waals surface area (Å²) in [7, 11) is 0. The van der Waals surface area contributed by atoms with Gasteiger partial charge in [-0.3, -0.25) is 14.6 Å². The number of nitrogens with zero attached hydrogens (tertiary/aromatic N) is 4. The molecule has 37 heavy (non-hydrogen) atoms. The predicted molar refractivity (Wildman–Crippen MR) is 143 cm³/mol. The van der Waals surface area contributed by atoms with E-state index < -0.39 is 0 Å². The lowest BCUT2D eigenvalue weighted by molar-refractivity contribution is -0.140. The van der Waals surface area contributed by atoms with Crippen molar-refractivity contribution < 1.29 is 14.4 Å². The molecule has 4 aromatic rings. The Kier molecular flexibility index (Phi) is 7.22. The number of amides is 1. The normalized spacial score (nSPS) is 14.2. The third-order valence-corrected chi connectivity index (χ3v) is 6.57. The summed E-state index contributed by atoms with van der Waals surface area (Å²) >= 11 is 13.2. The second-order valence-corrected chi connectivity index (χ2v) is 9.15. The summed E-state index contributed by atoms with van der Waals surface area (Å²) in [5.74, 6) is 0.270. The fraction of sp³-hybridized carbons (Fsp3) is 0.240. The van der Waals surface area contributed by atoms with Crippen LogP contribution in [-0.4, -0.2) is 64.4 Å². The minimum absolute atomic E-state index is 0.153. The maximum atomic E-state index is 12.6. The van der Waals surface area contributed by atoms with E-state index in [0.29, 0.717) is 80.8 Å². The van der Waals surface area contributed by atoms with E-state index in [0.717, 1.165) is 0 Å². The van der Waals surface area contributed by atoms with Crippen molar-refractivity contribution in [3.63, 3.8) is 0 Å². The molecule has 0 atom stereocenters. The highest BCUT2D eigenvalue weighted by Gasteiger charge is 2.18. The van der Waals surface area contributed by atoms with Gasteiger partial charge in [0.2, 0.25) is 0 Å². The van der Waals surface area contributed by atoms with Crippen LogP contribution in [-0.2, 0) is 14.4 Å². The number of fused-ring (bicyclic) bond motifs is 3. The van der Waals surface area contributed by atoms with E-state index >= 15 is 0 Å². The van der Waals surface area contributed by atoms with Gasteiger partial charge in [-0.25, -0.2) is 4.98 Å². The van der Waals surface area contributed by atoms with Gasteiger partial charge in [0.1, 0.15) is 5.82 Å². The summed E-state index contributed by atoms with van der Waals surface area (Å²) in [5, 5.41) is 9.56. The molecular formula is C25H22Cl2N6O4. The second kappa shape index (κ2) is 10.7. The van der Waals surface area contributed by atoms with Gasteiger partial charge in [-0.2, -0.15) is 0 Å². The number of aromatic nitrogens is 3. The largest absolute Gasteiger partial charge is 0.385 e. The van der Waals surface area contributed by atoms with Crippen LogP contribution < -0.4 is 10.9 Å². The number of H-pyrrole nitrogens is 1. The number of nitrogens with one attached hydrogen (secondary N) is 2. The predicted octanol–water partition coefficient (Wildman–Crippen LogP) is 4.12. The summed E-state index contributed by atoms with van der Waals surface area (Å²) in [6, 6.07) is 6.84. The molecule has 5 rings (SSSR count). The number of rotatable bonds is 6. The number of carbonyl (C=O) groups excluding carboxylic acids is 1. The average Bonchev–Trinajstić information content (AvgIpc) is 2.91. The summed E-state index contributed by atoms with van der Waals surface area (Å²) in [4.78, 5) is 43.3. The molecule has 0 bridgehead atoms. The Balaban J connectivity index is 1.39. The molecule has 1 aliphatic heterocycles. The zero-order chi connectivity index (χ0) is 25.9. The Bertz CT molecular complexity index is 1560.